The van der Waals surface area contributed by atoms with Gasteiger partial charge in [0.2, 0.25) is 0 Å². The van der Waals surface area contributed by atoms with Crippen LogP contribution in [-0.2, 0) is 0 Å². The van der Waals surface area contributed by atoms with Crippen LogP contribution in [0.4, 0.5) is 8.78 Å². The van der Waals surface area contributed by atoms with Gasteiger partial charge in [0.1, 0.15) is 24.0 Å². The van der Waals surface area contributed by atoms with E-state index >= 15 is 0 Å². The number of ether oxygens (including phenoxy) is 1. The molecule has 0 N–H and O–H groups in total. The topological polar surface area (TPSA) is 9.23 Å². The van der Waals surface area contributed by atoms with Gasteiger partial charge in [0.05, 0.1) is 5.38 Å². The molecule has 0 bridgehead atoms. The molecule has 0 aliphatic heterocycles. The minimum absolute atomic E-state index is 0.283. The molecule has 0 spiro atoms. The van der Waals surface area contributed by atoms with Gasteiger partial charge in [-0.05, 0) is 35.9 Å². The van der Waals surface area contributed by atoms with Gasteiger partial charge >= 0.3 is 0 Å². The van der Waals surface area contributed by atoms with E-state index < -0.39 is 17.0 Å². The Morgan fingerprint density at radius 1 is 1.15 bits per heavy atom. The highest BCUT2D eigenvalue weighted by molar-refractivity contribution is 6.22. The fourth-order valence-corrected chi connectivity index (χ4v) is 2.15. The highest BCUT2D eigenvalue weighted by Crippen LogP contribution is 2.35. The Hall–Kier alpha value is -1.87. The zero-order chi connectivity index (χ0) is 14.5. The maximum atomic E-state index is 13.4. The first-order chi connectivity index (χ1) is 9.61. The first-order valence-electron chi connectivity index (χ1n) is 6.04. The number of alkyl halides is 1. The van der Waals surface area contributed by atoms with Crippen LogP contribution >= 0.6 is 11.6 Å². The second-order valence-electron chi connectivity index (χ2n) is 4.20. The van der Waals surface area contributed by atoms with E-state index in [1.165, 1.54) is 30.3 Å². The monoisotopic (exact) mass is 294 g/mol. The standard InChI is InChI=1S/C16H13ClF2O/c1-2-8-20-15-7-6-13(19)10-14(15)16(17)11-4-3-5-12(18)9-11/h2-7,9-10,16H,1,8H2. The van der Waals surface area contributed by atoms with Gasteiger partial charge in [-0.1, -0.05) is 24.8 Å². The summed E-state index contributed by atoms with van der Waals surface area (Å²) >= 11 is 6.32. The fraction of sp³-hybridized carbons (Fsp3) is 0.125. The van der Waals surface area contributed by atoms with Crippen molar-refractivity contribution < 1.29 is 13.5 Å². The van der Waals surface area contributed by atoms with Crippen molar-refractivity contribution in [2.45, 2.75) is 5.38 Å². The van der Waals surface area contributed by atoms with Crippen LogP contribution in [0.1, 0.15) is 16.5 Å². The summed E-state index contributed by atoms with van der Waals surface area (Å²) < 4.78 is 32.1. The summed E-state index contributed by atoms with van der Waals surface area (Å²) in [7, 11) is 0. The Labute approximate surface area is 121 Å². The summed E-state index contributed by atoms with van der Waals surface area (Å²) in [5.74, 6) is -0.360. The molecule has 20 heavy (non-hydrogen) atoms. The molecule has 1 unspecified atom stereocenters. The number of hydrogen-bond donors (Lipinski definition) is 0. The summed E-state index contributed by atoms with van der Waals surface area (Å²) in [4.78, 5) is 0. The second-order valence-corrected chi connectivity index (χ2v) is 4.64. The Morgan fingerprint density at radius 2 is 1.90 bits per heavy atom. The molecule has 0 aliphatic rings. The second kappa shape index (κ2) is 6.53. The van der Waals surface area contributed by atoms with E-state index in [2.05, 4.69) is 6.58 Å². The molecule has 0 saturated heterocycles. The van der Waals surface area contributed by atoms with Crippen molar-refractivity contribution in [3.05, 3.63) is 77.9 Å². The molecule has 0 aliphatic carbocycles. The molecule has 0 aromatic heterocycles. The van der Waals surface area contributed by atoms with Crippen LogP contribution in [-0.4, -0.2) is 6.61 Å². The lowest BCUT2D eigenvalue weighted by atomic mass is 10.0. The Morgan fingerprint density at radius 3 is 2.60 bits per heavy atom. The summed E-state index contributed by atoms with van der Waals surface area (Å²) in [6, 6.07) is 9.97. The minimum Gasteiger partial charge on any atom is -0.489 e. The molecule has 0 radical (unpaired) electrons. The highest BCUT2D eigenvalue weighted by Gasteiger charge is 2.17. The molecule has 2 aromatic rings. The lowest BCUT2D eigenvalue weighted by molar-refractivity contribution is 0.358. The fourth-order valence-electron chi connectivity index (χ4n) is 1.84. The van der Waals surface area contributed by atoms with Crippen LogP contribution < -0.4 is 4.74 Å². The van der Waals surface area contributed by atoms with Crippen molar-refractivity contribution >= 4 is 11.6 Å². The quantitative estimate of drug-likeness (QED) is 0.565. The van der Waals surface area contributed by atoms with Crippen molar-refractivity contribution in [1.82, 2.24) is 0 Å². The summed E-state index contributed by atoms with van der Waals surface area (Å²) in [5.41, 5.74) is 1.000. The number of hydrogen-bond acceptors (Lipinski definition) is 1. The van der Waals surface area contributed by atoms with Crippen LogP contribution in [0.2, 0.25) is 0 Å². The molecule has 4 heteroatoms. The number of halogens is 3. The maximum absolute atomic E-state index is 13.4. The largest absolute Gasteiger partial charge is 0.489 e. The van der Waals surface area contributed by atoms with E-state index in [-0.39, 0.29) is 6.61 Å². The molecule has 1 atom stereocenters. The van der Waals surface area contributed by atoms with Gasteiger partial charge in [0.15, 0.2) is 0 Å². The highest BCUT2D eigenvalue weighted by atomic mass is 35.5. The van der Waals surface area contributed by atoms with Crippen LogP contribution in [0.25, 0.3) is 0 Å². The van der Waals surface area contributed by atoms with E-state index in [0.717, 1.165) is 0 Å². The van der Waals surface area contributed by atoms with Gasteiger partial charge in [-0.15, -0.1) is 11.6 Å². The van der Waals surface area contributed by atoms with E-state index in [1.54, 1.807) is 18.2 Å². The van der Waals surface area contributed by atoms with Gasteiger partial charge in [-0.25, -0.2) is 8.78 Å². The first-order valence-corrected chi connectivity index (χ1v) is 6.48. The molecule has 2 rings (SSSR count). The molecule has 0 fully saturated rings. The minimum atomic E-state index is -0.693. The Kier molecular flexibility index (Phi) is 4.74. The van der Waals surface area contributed by atoms with Crippen LogP contribution in [0.3, 0.4) is 0 Å². The summed E-state index contributed by atoms with van der Waals surface area (Å²) in [6.45, 7) is 3.84. The van der Waals surface area contributed by atoms with E-state index in [1.807, 2.05) is 0 Å². The Bertz CT molecular complexity index is 613. The molecular weight excluding hydrogens is 282 g/mol. The van der Waals surface area contributed by atoms with Crippen molar-refractivity contribution in [2.24, 2.45) is 0 Å². The molecule has 1 nitrogen and oxygen atoms in total. The average Bonchev–Trinajstić information content (AvgIpc) is 2.45. The summed E-state index contributed by atoms with van der Waals surface area (Å²) in [5, 5.41) is -0.693. The lowest BCUT2D eigenvalue weighted by Crippen LogP contribution is -2.01. The van der Waals surface area contributed by atoms with Crippen molar-refractivity contribution in [3.63, 3.8) is 0 Å². The number of rotatable bonds is 5. The van der Waals surface area contributed by atoms with Crippen molar-refractivity contribution in [1.29, 1.82) is 0 Å². The zero-order valence-electron chi connectivity index (χ0n) is 10.7. The van der Waals surface area contributed by atoms with Gasteiger partial charge < -0.3 is 4.74 Å². The SMILES string of the molecule is C=CCOc1ccc(F)cc1C(Cl)c1cccc(F)c1. The van der Waals surface area contributed by atoms with Crippen LogP contribution in [0, 0.1) is 11.6 Å². The third-order valence-corrected chi connectivity index (χ3v) is 3.23. The van der Waals surface area contributed by atoms with Gasteiger partial charge in [0.25, 0.3) is 0 Å². The van der Waals surface area contributed by atoms with Crippen molar-refractivity contribution in [3.8, 4) is 5.75 Å². The number of benzene rings is 2. The molecular formula is C16H13ClF2O. The van der Waals surface area contributed by atoms with Gasteiger partial charge in [-0.2, -0.15) is 0 Å². The maximum Gasteiger partial charge on any atom is 0.125 e. The Balaban J connectivity index is 2.39. The van der Waals surface area contributed by atoms with E-state index in [4.69, 9.17) is 16.3 Å². The molecule has 2 aromatic carbocycles. The average molecular weight is 295 g/mol. The van der Waals surface area contributed by atoms with Gasteiger partial charge in [0, 0.05) is 5.56 Å². The smallest absolute Gasteiger partial charge is 0.125 e. The molecule has 0 saturated carbocycles. The van der Waals surface area contributed by atoms with E-state index in [0.29, 0.717) is 16.9 Å². The first kappa shape index (κ1) is 14.5. The molecule has 0 heterocycles. The molecule has 0 amide bonds. The van der Waals surface area contributed by atoms with Crippen LogP contribution in [0.5, 0.6) is 5.75 Å². The predicted octanol–water partition coefficient (Wildman–Crippen LogP) is 4.86. The van der Waals surface area contributed by atoms with Gasteiger partial charge in [-0.3, -0.25) is 0 Å². The summed E-state index contributed by atoms with van der Waals surface area (Å²) in [6.07, 6.45) is 1.58. The lowest BCUT2D eigenvalue weighted by Gasteiger charge is -2.15. The molecule has 104 valence electrons. The normalized spacial score (nSPS) is 11.9. The predicted molar refractivity (Wildman–Crippen MR) is 76.2 cm³/mol. The zero-order valence-corrected chi connectivity index (χ0v) is 11.4. The van der Waals surface area contributed by atoms with Crippen LogP contribution in [0.15, 0.2) is 55.1 Å². The third kappa shape index (κ3) is 3.36. The third-order valence-electron chi connectivity index (χ3n) is 2.74. The van der Waals surface area contributed by atoms with E-state index in [9.17, 15) is 8.78 Å². The van der Waals surface area contributed by atoms with Crippen molar-refractivity contribution in [2.75, 3.05) is 6.61 Å².